The number of nitrogens with zero attached hydrogens (tertiary/aromatic N) is 1. The molecule has 0 saturated carbocycles. The maximum Gasteiger partial charge on any atom is 0.251 e. The maximum atomic E-state index is 11.8. The molecule has 0 unspecified atom stereocenters. The monoisotopic (exact) mass is 282 g/mol. The molecule has 1 amide bonds. The van der Waals surface area contributed by atoms with Gasteiger partial charge in [0.05, 0.1) is 6.10 Å². The molecular formula is C14H22N2O2S. The van der Waals surface area contributed by atoms with E-state index in [0.717, 1.165) is 19.4 Å². The number of ether oxygens (including phenoxy) is 1. The van der Waals surface area contributed by atoms with E-state index in [1.807, 2.05) is 0 Å². The van der Waals surface area contributed by atoms with Crippen molar-refractivity contribution in [2.24, 2.45) is 0 Å². The van der Waals surface area contributed by atoms with Gasteiger partial charge in [0.2, 0.25) is 0 Å². The maximum absolute atomic E-state index is 11.8. The lowest BCUT2D eigenvalue weighted by Crippen LogP contribution is -2.35. The third kappa shape index (κ3) is 3.78. The van der Waals surface area contributed by atoms with Crippen molar-refractivity contribution in [2.75, 3.05) is 20.6 Å². The molecule has 1 fully saturated rings. The first-order chi connectivity index (χ1) is 9.08. The summed E-state index contributed by atoms with van der Waals surface area (Å²) in [6.45, 7) is 2.96. The van der Waals surface area contributed by atoms with E-state index >= 15 is 0 Å². The second-order valence-electron chi connectivity index (χ2n) is 5.20. The predicted octanol–water partition coefficient (Wildman–Crippen LogP) is 2.03. The van der Waals surface area contributed by atoms with Crippen LogP contribution in [-0.4, -0.2) is 43.7 Å². The quantitative estimate of drug-likeness (QED) is 0.898. The third-order valence-corrected chi connectivity index (χ3v) is 4.50. The van der Waals surface area contributed by atoms with Crippen LogP contribution >= 0.6 is 11.3 Å². The van der Waals surface area contributed by atoms with Crippen molar-refractivity contribution in [1.82, 2.24) is 10.2 Å². The number of rotatable bonds is 5. The van der Waals surface area contributed by atoms with Crippen LogP contribution in [0, 0.1) is 0 Å². The summed E-state index contributed by atoms with van der Waals surface area (Å²) in [4.78, 5) is 14.7. The van der Waals surface area contributed by atoms with Gasteiger partial charge in [-0.2, -0.15) is 0 Å². The summed E-state index contributed by atoms with van der Waals surface area (Å²) in [6, 6.07) is 4.54. The molecule has 1 N–H and O–H groups in total. The molecular weight excluding hydrogens is 260 g/mol. The number of carbonyl (C=O) groups is 1. The van der Waals surface area contributed by atoms with E-state index in [1.165, 1.54) is 4.88 Å². The average molecular weight is 282 g/mol. The summed E-state index contributed by atoms with van der Waals surface area (Å²) < 4.78 is 5.80. The van der Waals surface area contributed by atoms with Crippen LogP contribution in [-0.2, 0) is 9.53 Å². The van der Waals surface area contributed by atoms with Crippen LogP contribution in [0.1, 0.15) is 30.7 Å². The summed E-state index contributed by atoms with van der Waals surface area (Å²) in [7, 11) is 3.55. The Bertz CT molecular complexity index is 406. The van der Waals surface area contributed by atoms with Gasteiger partial charge >= 0.3 is 0 Å². The Labute approximate surface area is 118 Å². The Hall–Kier alpha value is -0.910. The highest BCUT2D eigenvalue weighted by Gasteiger charge is 2.31. The minimum absolute atomic E-state index is 0.0776. The second kappa shape index (κ2) is 6.50. The Morgan fingerprint density at radius 2 is 2.37 bits per heavy atom. The van der Waals surface area contributed by atoms with Crippen LogP contribution in [0.3, 0.4) is 0 Å². The lowest BCUT2D eigenvalue weighted by atomic mass is 10.1. The molecule has 4 nitrogen and oxygen atoms in total. The number of thiophene rings is 1. The molecule has 1 aromatic rings. The first-order valence-electron chi connectivity index (χ1n) is 6.71. The van der Waals surface area contributed by atoms with Crippen molar-refractivity contribution in [2.45, 2.75) is 38.0 Å². The molecule has 1 aromatic heterocycles. The SMILES string of the molecule is C[C@H](NC[C@H]1CC[C@@H](C(=O)N(C)C)O1)c1cccs1. The van der Waals surface area contributed by atoms with Crippen LogP contribution in [0.5, 0.6) is 0 Å². The number of amides is 1. The van der Waals surface area contributed by atoms with Gasteiger partial charge in [0.1, 0.15) is 6.10 Å². The molecule has 0 aliphatic carbocycles. The minimum atomic E-state index is -0.251. The predicted molar refractivity (Wildman–Crippen MR) is 77.3 cm³/mol. The highest BCUT2D eigenvalue weighted by atomic mass is 32.1. The van der Waals surface area contributed by atoms with Gasteiger partial charge in [0, 0.05) is 31.6 Å². The normalized spacial score (nSPS) is 24.4. The van der Waals surface area contributed by atoms with Crippen LogP contribution in [0.4, 0.5) is 0 Å². The van der Waals surface area contributed by atoms with Gasteiger partial charge in [0.15, 0.2) is 0 Å². The van der Waals surface area contributed by atoms with Crippen molar-refractivity contribution in [3.8, 4) is 0 Å². The van der Waals surface area contributed by atoms with Crippen molar-refractivity contribution >= 4 is 17.2 Å². The zero-order chi connectivity index (χ0) is 13.8. The van der Waals surface area contributed by atoms with Crippen LogP contribution in [0.15, 0.2) is 17.5 Å². The summed E-state index contributed by atoms with van der Waals surface area (Å²) in [5.41, 5.74) is 0. The van der Waals surface area contributed by atoms with Gasteiger partial charge in [-0.1, -0.05) is 6.07 Å². The highest BCUT2D eigenvalue weighted by molar-refractivity contribution is 7.10. The molecule has 0 radical (unpaired) electrons. The average Bonchev–Trinajstić information content (AvgIpc) is 3.06. The molecule has 1 aliphatic rings. The Kier molecular flexibility index (Phi) is 4.96. The molecule has 3 atom stereocenters. The molecule has 1 saturated heterocycles. The molecule has 5 heteroatoms. The molecule has 2 heterocycles. The van der Waals surface area contributed by atoms with E-state index in [4.69, 9.17) is 4.74 Å². The zero-order valence-corrected chi connectivity index (χ0v) is 12.6. The fraction of sp³-hybridized carbons (Fsp3) is 0.643. The molecule has 1 aliphatic heterocycles. The van der Waals surface area contributed by atoms with Crippen LogP contribution in [0.2, 0.25) is 0 Å². The van der Waals surface area contributed by atoms with Crippen molar-refractivity contribution in [3.05, 3.63) is 22.4 Å². The Balaban J connectivity index is 1.75. The fourth-order valence-electron chi connectivity index (χ4n) is 2.27. The van der Waals surface area contributed by atoms with Gasteiger partial charge in [-0.25, -0.2) is 0 Å². The van der Waals surface area contributed by atoms with Gasteiger partial charge in [0.25, 0.3) is 5.91 Å². The lowest BCUT2D eigenvalue weighted by Gasteiger charge is -2.19. The Morgan fingerprint density at radius 1 is 1.58 bits per heavy atom. The first kappa shape index (κ1) is 14.5. The lowest BCUT2D eigenvalue weighted by molar-refractivity contribution is -0.140. The highest BCUT2D eigenvalue weighted by Crippen LogP contribution is 2.22. The van der Waals surface area contributed by atoms with E-state index in [9.17, 15) is 4.79 Å². The second-order valence-corrected chi connectivity index (χ2v) is 6.18. The standard InChI is InChI=1S/C14H22N2O2S/c1-10(13-5-4-8-19-13)15-9-11-6-7-12(18-11)14(17)16(2)3/h4-5,8,10-12,15H,6-7,9H2,1-3H3/t10-,11+,12-/m0/s1. The smallest absolute Gasteiger partial charge is 0.251 e. The minimum Gasteiger partial charge on any atom is -0.364 e. The molecule has 0 aromatic carbocycles. The van der Waals surface area contributed by atoms with Crippen LogP contribution in [0.25, 0.3) is 0 Å². The van der Waals surface area contributed by atoms with E-state index in [1.54, 1.807) is 30.3 Å². The number of nitrogens with one attached hydrogen (secondary N) is 1. The molecule has 0 bridgehead atoms. The number of carbonyl (C=O) groups excluding carboxylic acids is 1. The number of hydrogen-bond donors (Lipinski definition) is 1. The third-order valence-electron chi connectivity index (χ3n) is 3.45. The summed E-state index contributed by atoms with van der Waals surface area (Å²) in [5.74, 6) is 0.0776. The molecule has 19 heavy (non-hydrogen) atoms. The van der Waals surface area contributed by atoms with Gasteiger partial charge in [-0.15, -0.1) is 11.3 Å². The van der Waals surface area contributed by atoms with Gasteiger partial charge in [-0.3, -0.25) is 4.79 Å². The molecule has 106 valence electrons. The zero-order valence-electron chi connectivity index (χ0n) is 11.8. The van der Waals surface area contributed by atoms with Gasteiger partial charge < -0.3 is 15.0 Å². The fourth-order valence-corrected chi connectivity index (χ4v) is 3.03. The van der Waals surface area contributed by atoms with Crippen molar-refractivity contribution in [3.63, 3.8) is 0 Å². The Morgan fingerprint density at radius 3 is 3.00 bits per heavy atom. The topological polar surface area (TPSA) is 41.6 Å². The van der Waals surface area contributed by atoms with Gasteiger partial charge in [-0.05, 0) is 31.2 Å². The molecule has 0 spiro atoms. The van der Waals surface area contributed by atoms with E-state index < -0.39 is 0 Å². The largest absolute Gasteiger partial charge is 0.364 e. The first-order valence-corrected chi connectivity index (χ1v) is 7.59. The summed E-state index contributed by atoms with van der Waals surface area (Å²) in [5, 5.41) is 5.56. The summed E-state index contributed by atoms with van der Waals surface area (Å²) >= 11 is 1.76. The number of likely N-dealkylation sites (N-methyl/N-ethyl adjacent to an activating group) is 1. The van der Waals surface area contributed by atoms with E-state index in [2.05, 4.69) is 29.8 Å². The van der Waals surface area contributed by atoms with E-state index in [0.29, 0.717) is 6.04 Å². The van der Waals surface area contributed by atoms with Crippen molar-refractivity contribution in [1.29, 1.82) is 0 Å². The van der Waals surface area contributed by atoms with E-state index in [-0.39, 0.29) is 18.1 Å². The number of hydrogen-bond acceptors (Lipinski definition) is 4. The van der Waals surface area contributed by atoms with Crippen LogP contribution < -0.4 is 5.32 Å². The van der Waals surface area contributed by atoms with Crippen molar-refractivity contribution < 1.29 is 9.53 Å². The summed E-state index contributed by atoms with van der Waals surface area (Å²) in [6.07, 6.45) is 1.68. The molecule has 2 rings (SSSR count).